The number of allylic oxidation sites excluding steroid dienone is 1. The predicted octanol–water partition coefficient (Wildman–Crippen LogP) is 4.72. The van der Waals surface area contributed by atoms with Crippen LogP contribution < -0.4 is 0 Å². The molecule has 0 bridgehead atoms. The number of hydrogen-bond acceptors (Lipinski definition) is 0. The molecule has 0 spiro atoms. The Balaban J connectivity index is 2.41. The Morgan fingerprint density at radius 2 is 1.71 bits per heavy atom. The summed E-state index contributed by atoms with van der Waals surface area (Å²) in [6.07, 6.45) is 3.71. The van der Waals surface area contributed by atoms with Crippen LogP contribution in [0, 0.1) is 19.3 Å². The van der Waals surface area contributed by atoms with Crippen molar-refractivity contribution in [2.45, 2.75) is 47.0 Å². The van der Waals surface area contributed by atoms with Crippen molar-refractivity contribution in [3.05, 3.63) is 37.7 Å². The topological polar surface area (TPSA) is 0 Å². The van der Waals surface area contributed by atoms with E-state index in [0.717, 1.165) is 0 Å². The molecule has 1 aliphatic carbocycles. The van der Waals surface area contributed by atoms with Crippen LogP contribution in [0.1, 0.15) is 55.4 Å². The molecule has 0 saturated carbocycles. The maximum absolute atomic E-state index is 2.43. The van der Waals surface area contributed by atoms with Crippen molar-refractivity contribution < 1.29 is 24.4 Å². The van der Waals surface area contributed by atoms with Crippen molar-refractivity contribution >= 4 is 6.08 Å². The first-order valence-corrected chi connectivity index (χ1v) is 8.12. The molecule has 0 N–H and O–H groups in total. The molecule has 1 aliphatic rings. The number of aryl methyl sites for hydroxylation is 2. The van der Waals surface area contributed by atoms with Crippen LogP contribution >= 0.6 is 0 Å². The van der Waals surface area contributed by atoms with Gasteiger partial charge in [0.25, 0.3) is 0 Å². The van der Waals surface area contributed by atoms with Crippen molar-refractivity contribution in [1.29, 1.82) is 0 Å². The normalized spacial score (nSPS) is 19.1. The van der Waals surface area contributed by atoms with Crippen molar-refractivity contribution in [1.82, 2.24) is 0 Å². The van der Waals surface area contributed by atoms with Gasteiger partial charge in [-0.05, 0) is 0 Å². The molecule has 0 nitrogen and oxygen atoms in total. The summed E-state index contributed by atoms with van der Waals surface area (Å²) in [5.41, 5.74) is 6.33. The quantitative estimate of drug-likeness (QED) is 0.607. The fraction of sp³-hybridized carbons (Fsp3) is 0.500. The van der Waals surface area contributed by atoms with Gasteiger partial charge in [0, 0.05) is 0 Å². The summed E-state index contributed by atoms with van der Waals surface area (Å²) in [7, 11) is 0. The number of fused-ring (bicyclic) bond motifs is 1. The fourth-order valence-electron chi connectivity index (χ4n) is 2.56. The van der Waals surface area contributed by atoms with Gasteiger partial charge in [0.2, 0.25) is 0 Å². The molecule has 0 aliphatic heterocycles. The minimum atomic E-state index is 0.411. The zero-order valence-electron chi connectivity index (χ0n) is 11.5. The molecule has 1 aromatic rings. The molecule has 89 valence electrons. The SMILES string of the molecule is Cc1cc2c(cc1C)C(CC(C)(C)C)[C]([Hf])=C2. The summed E-state index contributed by atoms with van der Waals surface area (Å²) in [6.45, 7) is 11.5. The average Bonchev–Trinajstić information content (AvgIpc) is 2.43. The van der Waals surface area contributed by atoms with Gasteiger partial charge in [-0.25, -0.2) is 0 Å². The van der Waals surface area contributed by atoms with Crippen LogP contribution in [0.25, 0.3) is 6.08 Å². The van der Waals surface area contributed by atoms with Gasteiger partial charge in [-0.3, -0.25) is 0 Å². The van der Waals surface area contributed by atoms with Gasteiger partial charge >= 0.3 is 121 Å². The molecule has 0 aromatic heterocycles. The van der Waals surface area contributed by atoms with Crippen LogP contribution in [0.3, 0.4) is 0 Å². The third-order valence-corrected chi connectivity index (χ3v) is 5.35. The van der Waals surface area contributed by atoms with Gasteiger partial charge in [-0.15, -0.1) is 0 Å². The van der Waals surface area contributed by atoms with E-state index < -0.39 is 0 Å². The molecule has 0 fully saturated rings. The molecule has 0 heterocycles. The molecule has 17 heavy (non-hydrogen) atoms. The number of rotatable bonds is 1. The molecule has 1 aromatic carbocycles. The molecular weight excluding hydrogens is 371 g/mol. The van der Waals surface area contributed by atoms with Gasteiger partial charge in [0.05, 0.1) is 0 Å². The maximum atomic E-state index is 2.43. The van der Waals surface area contributed by atoms with Gasteiger partial charge in [0.15, 0.2) is 0 Å². The summed E-state index contributed by atoms with van der Waals surface area (Å²) in [6, 6.07) is 4.79. The summed E-state index contributed by atoms with van der Waals surface area (Å²) in [5.74, 6) is 0.691. The van der Waals surface area contributed by atoms with E-state index in [9.17, 15) is 0 Å². The zero-order chi connectivity index (χ0) is 12.8. The summed E-state index contributed by atoms with van der Waals surface area (Å²) in [5, 5.41) is 0. The minimum absolute atomic E-state index is 0.411. The Kier molecular flexibility index (Phi) is 3.51. The van der Waals surface area contributed by atoms with Crippen molar-refractivity contribution in [2.24, 2.45) is 5.41 Å². The van der Waals surface area contributed by atoms with E-state index in [0.29, 0.717) is 11.3 Å². The second-order valence-corrected chi connectivity index (χ2v) is 8.56. The van der Waals surface area contributed by atoms with E-state index in [1.807, 2.05) is 0 Å². The molecular formula is C16H21Hf. The van der Waals surface area contributed by atoms with E-state index >= 15 is 0 Å². The van der Waals surface area contributed by atoms with E-state index in [2.05, 4.69) is 52.8 Å². The van der Waals surface area contributed by atoms with Crippen LogP contribution in [0.4, 0.5) is 0 Å². The Morgan fingerprint density at radius 1 is 1.12 bits per heavy atom. The van der Waals surface area contributed by atoms with E-state index in [1.165, 1.54) is 47.5 Å². The monoisotopic (exact) mass is 393 g/mol. The van der Waals surface area contributed by atoms with E-state index in [-0.39, 0.29) is 0 Å². The molecule has 1 atom stereocenters. The molecule has 1 unspecified atom stereocenters. The molecule has 0 amide bonds. The van der Waals surface area contributed by atoms with Crippen molar-refractivity contribution in [3.8, 4) is 0 Å². The van der Waals surface area contributed by atoms with Crippen molar-refractivity contribution in [3.63, 3.8) is 0 Å². The van der Waals surface area contributed by atoms with Crippen LogP contribution in [0.2, 0.25) is 0 Å². The summed E-state index contributed by atoms with van der Waals surface area (Å²) < 4.78 is 1.67. The molecule has 0 radical (unpaired) electrons. The van der Waals surface area contributed by atoms with Crippen molar-refractivity contribution in [2.75, 3.05) is 0 Å². The standard InChI is InChI=1S/C16H21.Hf/c1-11-8-13-6-7-14(10-16(3,4)5)15(13)9-12(11)2;/h6,8-9,14H,10H2,1-5H3;. The Hall–Kier alpha value is -0.170. The van der Waals surface area contributed by atoms with Gasteiger partial charge in [0.1, 0.15) is 0 Å². The molecule has 1 heteroatoms. The Labute approximate surface area is 120 Å². The second-order valence-electron chi connectivity index (χ2n) is 6.48. The summed E-state index contributed by atoms with van der Waals surface area (Å²) in [4.78, 5) is 0. The van der Waals surface area contributed by atoms with Gasteiger partial charge in [-0.1, -0.05) is 0 Å². The van der Waals surface area contributed by atoms with Gasteiger partial charge < -0.3 is 0 Å². The van der Waals surface area contributed by atoms with Crippen LogP contribution in [0.5, 0.6) is 0 Å². The molecule has 0 saturated heterocycles. The Bertz CT molecular complexity index is 475. The fourth-order valence-corrected chi connectivity index (χ4v) is 4.04. The first-order valence-electron chi connectivity index (χ1n) is 6.32. The van der Waals surface area contributed by atoms with Crippen LogP contribution in [-0.4, -0.2) is 0 Å². The van der Waals surface area contributed by atoms with E-state index in [4.69, 9.17) is 0 Å². The van der Waals surface area contributed by atoms with Crippen LogP contribution in [0.15, 0.2) is 15.5 Å². The Morgan fingerprint density at radius 3 is 2.29 bits per heavy atom. The van der Waals surface area contributed by atoms with Gasteiger partial charge in [-0.2, -0.15) is 0 Å². The predicted molar refractivity (Wildman–Crippen MR) is 70.7 cm³/mol. The summed E-state index contributed by atoms with van der Waals surface area (Å²) >= 11 is 1.19. The number of benzene rings is 1. The first kappa shape index (κ1) is 13.3. The zero-order valence-corrected chi connectivity index (χ0v) is 15.1. The number of hydrogen-bond donors (Lipinski definition) is 0. The third-order valence-electron chi connectivity index (χ3n) is 3.58. The molecule has 2 rings (SSSR count). The average molecular weight is 392 g/mol. The second kappa shape index (κ2) is 4.50. The van der Waals surface area contributed by atoms with Crippen LogP contribution in [-0.2, 0) is 24.4 Å². The first-order chi connectivity index (χ1) is 7.78. The van der Waals surface area contributed by atoms with E-state index in [1.54, 1.807) is 8.89 Å². The third kappa shape index (κ3) is 2.81.